The molecule has 1 unspecified atom stereocenters. The van der Waals surface area contributed by atoms with Crippen molar-refractivity contribution in [3.8, 4) is 0 Å². The number of benzene rings is 1. The number of carbonyl (C=O) groups is 2. The van der Waals surface area contributed by atoms with Crippen molar-refractivity contribution in [2.75, 3.05) is 0 Å². The number of para-hydroxylation sites is 1. The molecule has 0 fully saturated rings. The number of H-pyrrole nitrogens is 1. The maximum atomic E-state index is 12.1. The second-order valence-corrected chi connectivity index (χ2v) is 4.45. The number of carbonyl (C=O) groups excluding carboxylic acids is 1. The van der Waals surface area contributed by atoms with Gasteiger partial charge in [0.05, 0.1) is 17.3 Å². The number of nitrogens with zero attached hydrogens (tertiary/aromatic N) is 1. The molecule has 0 aliphatic heterocycles. The second kappa shape index (κ2) is 5.51. The zero-order valence-corrected chi connectivity index (χ0v) is 10.5. The highest BCUT2D eigenvalue weighted by molar-refractivity contribution is 6.05. The van der Waals surface area contributed by atoms with Crippen molar-refractivity contribution in [2.24, 2.45) is 0 Å². The fraction of sp³-hybridized carbons (Fsp3) is 0.308. The maximum absolute atomic E-state index is 12.1. The number of hydrogen-bond donors (Lipinski definition) is 3. The van der Waals surface area contributed by atoms with Gasteiger partial charge in [-0.25, -0.2) is 0 Å². The summed E-state index contributed by atoms with van der Waals surface area (Å²) in [5.41, 5.74) is 1.20. The number of hydrogen-bond acceptors (Lipinski definition) is 3. The summed E-state index contributed by atoms with van der Waals surface area (Å²) in [6.45, 7) is 1.79. The molecule has 0 spiro atoms. The van der Waals surface area contributed by atoms with Crippen LogP contribution in [0.4, 0.5) is 0 Å². The highest BCUT2D eigenvalue weighted by Gasteiger charge is 2.14. The third kappa shape index (κ3) is 3.09. The van der Waals surface area contributed by atoms with Crippen LogP contribution in [0.25, 0.3) is 10.9 Å². The Morgan fingerprint density at radius 1 is 1.47 bits per heavy atom. The van der Waals surface area contributed by atoms with Gasteiger partial charge in [0.15, 0.2) is 0 Å². The Morgan fingerprint density at radius 2 is 2.26 bits per heavy atom. The number of aromatic nitrogens is 2. The second-order valence-electron chi connectivity index (χ2n) is 4.45. The summed E-state index contributed by atoms with van der Waals surface area (Å²) in [7, 11) is 0. The van der Waals surface area contributed by atoms with Crippen molar-refractivity contribution in [3.05, 3.63) is 30.0 Å². The Bertz CT molecular complexity index is 606. The summed E-state index contributed by atoms with van der Waals surface area (Å²) in [6, 6.07) is 5.17. The number of carboxylic acids is 1. The lowest BCUT2D eigenvalue weighted by Crippen LogP contribution is -2.33. The molecule has 1 aromatic heterocycles. The molecule has 6 heteroatoms. The molecule has 2 rings (SSSR count). The SMILES string of the molecule is CC(CCC(=O)O)NC(=O)c1cccc2cn[nH]c12. The van der Waals surface area contributed by atoms with Crippen LogP contribution in [0.3, 0.4) is 0 Å². The Labute approximate surface area is 109 Å². The first-order chi connectivity index (χ1) is 9.08. The van der Waals surface area contributed by atoms with Gasteiger partial charge in [-0.05, 0) is 19.4 Å². The summed E-state index contributed by atoms with van der Waals surface area (Å²) in [6.07, 6.45) is 2.09. The summed E-state index contributed by atoms with van der Waals surface area (Å²) in [5.74, 6) is -1.09. The molecule has 0 aliphatic rings. The first kappa shape index (κ1) is 13.1. The van der Waals surface area contributed by atoms with Crippen LogP contribution in [0, 0.1) is 0 Å². The number of fused-ring (bicyclic) bond motifs is 1. The van der Waals surface area contributed by atoms with E-state index in [1.54, 1.807) is 25.3 Å². The van der Waals surface area contributed by atoms with Gasteiger partial charge in [-0.15, -0.1) is 0 Å². The Balaban J connectivity index is 2.07. The lowest BCUT2D eigenvalue weighted by molar-refractivity contribution is -0.137. The van der Waals surface area contributed by atoms with E-state index in [0.29, 0.717) is 17.5 Å². The minimum Gasteiger partial charge on any atom is -0.481 e. The quantitative estimate of drug-likeness (QED) is 0.760. The van der Waals surface area contributed by atoms with Gasteiger partial charge in [0, 0.05) is 17.8 Å². The molecule has 0 radical (unpaired) electrons. The standard InChI is InChI=1S/C13H15N3O3/c1-8(5-6-11(17)18)15-13(19)10-4-2-3-9-7-14-16-12(9)10/h2-4,7-8H,5-6H2,1H3,(H,14,16)(H,15,19)(H,17,18). The largest absolute Gasteiger partial charge is 0.481 e. The Morgan fingerprint density at radius 3 is 3.00 bits per heavy atom. The molecular weight excluding hydrogens is 246 g/mol. The molecule has 1 aromatic carbocycles. The van der Waals surface area contributed by atoms with Gasteiger partial charge in [0.25, 0.3) is 5.91 Å². The predicted octanol–water partition coefficient (Wildman–Crippen LogP) is 1.55. The first-order valence-corrected chi connectivity index (χ1v) is 6.02. The van der Waals surface area contributed by atoms with E-state index in [1.807, 2.05) is 6.07 Å². The lowest BCUT2D eigenvalue weighted by Gasteiger charge is -2.13. The van der Waals surface area contributed by atoms with Gasteiger partial charge in [0.1, 0.15) is 0 Å². The molecule has 3 N–H and O–H groups in total. The molecule has 0 saturated heterocycles. The van der Waals surface area contributed by atoms with Gasteiger partial charge >= 0.3 is 5.97 Å². The highest BCUT2D eigenvalue weighted by Crippen LogP contribution is 2.15. The summed E-state index contributed by atoms with van der Waals surface area (Å²) in [5, 5.41) is 18.9. The third-order valence-electron chi connectivity index (χ3n) is 2.89. The van der Waals surface area contributed by atoms with Crippen molar-refractivity contribution in [1.29, 1.82) is 0 Å². The van der Waals surface area contributed by atoms with E-state index in [2.05, 4.69) is 15.5 Å². The summed E-state index contributed by atoms with van der Waals surface area (Å²) in [4.78, 5) is 22.6. The number of rotatable bonds is 5. The zero-order valence-electron chi connectivity index (χ0n) is 10.5. The maximum Gasteiger partial charge on any atom is 0.303 e. The van der Waals surface area contributed by atoms with E-state index in [9.17, 15) is 9.59 Å². The van der Waals surface area contributed by atoms with Crippen LogP contribution in [0.5, 0.6) is 0 Å². The van der Waals surface area contributed by atoms with E-state index in [1.165, 1.54) is 0 Å². The molecule has 0 aliphatic carbocycles. The van der Waals surface area contributed by atoms with E-state index >= 15 is 0 Å². The minimum atomic E-state index is -0.864. The van der Waals surface area contributed by atoms with Gasteiger partial charge in [-0.3, -0.25) is 14.7 Å². The molecular formula is C13H15N3O3. The van der Waals surface area contributed by atoms with Crippen molar-refractivity contribution in [1.82, 2.24) is 15.5 Å². The van der Waals surface area contributed by atoms with Crippen LogP contribution < -0.4 is 5.32 Å². The zero-order chi connectivity index (χ0) is 13.8. The Kier molecular flexibility index (Phi) is 3.79. The molecule has 19 heavy (non-hydrogen) atoms. The monoisotopic (exact) mass is 261 g/mol. The summed E-state index contributed by atoms with van der Waals surface area (Å²) >= 11 is 0. The average Bonchev–Trinajstić information content (AvgIpc) is 2.84. The first-order valence-electron chi connectivity index (χ1n) is 6.02. The topological polar surface area (TPSA) is 95.1 Å². The van der Waals surface area contributed by atoms with E-state index in [-0.39, 0.29) is 18.4 Å². The van der Waals surface area contributed by atoms with Crippen molar-refractivity contribution in [3.63, 3.8) is 0 Å². The number of amides is 1. The molecule has 1 atom stereocenters. The number of aromatic amines is 1. The molecule has 1 amide bonds. The van der Waals surface area contributed by atoms with Crippen molar-refractivity contribution in [2.45, 2.75) is 25.8 Å². The van der Waals surface area contributed by atoms with E-state index in [0.717, 1.165) is 5.39 Å². The van der Waals surface area contributed by atoms with E-state index in [4.69, 9.17) is 5.11 Å². The van der Waals surface area contributed by atoms with Crippen LogP contribution in [-0.2, 0) is 4.79 Å². The number of carboxylic acid groups (broad SMARTS) is 1. The minimum absolute atomic E-state index is 0.0374. The normalized spacial score (nSPS) is 12.3. The van der Waals surface area contributed by atoms with Crippen molar-refractivity contribution < 1.29 is 14.7 Å². The molecule has 100 valence electrons. The van der Waals surface area contributed by atoms with Crippen LogP contribution >= 0.6 is 0 Å². The fourth-order valence-corrected chi connectivity index (χ4v) is 1.87. The van der Waals surface area contributed by atoms with Gasteiger partial charge in [-0.2, -0.15) is 5.10 Å². The van der Waals surface area contributed by atoms with Gasteiger partial charge in [-0.1, -0.05) is 12.1 Å². The molecule has 0 saturated carbocycles. The van der Waals surface area contributed by atoms with Gasteiger partial charge in [0.2, 0.25) is 0 Å². The summed E-state index contributed by atoms with van der Waals surface area (Å²) < 4.78 is 0. The fourth-order valence-electron chi connectivity index (χ4n) is 1.87. The lowest BCUT2D eigenvalue weighted by atomic mass is 10.1. The molecule has 6 nitrogen and oxygen atoms in total. The number of nitrogens with one attached hydrogen (secondary N) is 2. The van der Waals surface area contributed by atoms with Crippen LogP contribution in [0.15, 0.2) is 24.4 Å². The molecule has 0 bridgehead atoms. The van der Waals surface area contributed by atoms with Crippen LogP contribution in [0.1, 0.15) is 30.1 Å². The smallest absolute Gasteiger partial charge is 0.303 e. The molecule has 2 aromatic rings. The number of aliphatic carboxylic acids is 1. The molecule has 1 heterocycles. The average molecular weight is 261 g/mol. The van der Waals surface area contributed by atoms with Crippen molar-refractivity contribution >= 4 is 22.8 Å². The van der Waals surface area contributed by atoms with Gasteiger partial charge < -0.3 is 10.4 Å². The van der Waals surface area contributed by atoms with Crippen LogP contribution in [0.2, 0.25) is 0 Å². The van der Waals surface area contributed by atoms with E-state index < -0.39 is 5.97 Å². The highest BCUT2D eigenvalue weighted by atomic mass is 16.4. The Hall–Kier alpha value is -2.37. The third-order valence-corrected chi connectivity index (χ3v) is 2.89. The predicted molar refractivity (Wildman–Crippen MR) is 69.9 cm³/mol. The van der Waals surface area contributed by atoms with Crippen LogP contribution in [-0.4, -0.2) is 33.2 Å².